The highest BCUT2D eigenvalue weighted by atomic mass is 16.5. The van der Waals surface area contributed by atoms with Crippen LogP contribution in [0.2, 0.25) is 0 Å². The number of carbonyl (C=O) groups excluding carboxylic acids is 1. The largest absolute Gasteiger partial charge is 0.496 e. The van der Waals surface area contributed by atoms with Gasteiger partial charge >= 0.3 is 12.0 Å². The Labute approximate surface area is 131 Å². The maximum absolute atomic E-state index is 12.2. The standard InChI is InChI=1S/C16H24N2O4/c1-4-13(12-8-5-6-9-14(12)22-3)18(2)16(21)17-11-7-10-15(19)20/h5-6,8-9,13H,4,7,10-11H2,1-3H3,(H,17,21)(H,19,20). The van der Waals surface area contributed by atoms with E-state index in [9.17, 15) is 9.59 Å². The molecule has 0 aliphatic rings. The number of benzene rings is 1. The summed E-state index contributed by atoms with van der Waals surface area (Å²) in [6, 6.07) is 7.30. The molecular weight excluding hydrogens is 284 g/mol. The minimum absolute atomic E-state index is 0.0493. The van der Waals surface area contributed by atoms with Crippen molar-refractivity contribution in [1.29, 1.82) is 0 Å². The highest BCUT2D eigenvalue weighted by Crippen LogP contribution is 2.30. The molecule has 0 aromatic heterocycles. The van der Waals surface area contributed by atoms with Gasteiger partial charge in [-0.2, -0.15) is 0 Å². The molecule has 0 aliphatic carbocycles. The van der Waals surface area contributed by atoms with E-state index in [2.05, 4.69) is 5.32 Å². The molecule has 0 saturated heterocycles. The first-order valence-electron chi connectivity index (χ1n) is 7.36. The van der Waals surface area contributed by atoms with Crippen LogP contribution in [0.15, 0.2) is 24.3 Å². The monoisotopic (exact) mass is 308 g/mol. The summed E-state index contributed by atoms with van der Waals surface area (Å²) >= 11 is 0. The van der Waals surface area contributed by atoms with Crippen LogP contribution in [0.4, 0.5) is 4.79 Å². The number of carboxylic acids is 1. The van der Waals surface area contributed by atoms with E-state index in [1.807, 2.05) is 31.2 Å². The molecule has 1 aromatic carbocycles. The lowest BCUT2D eigenvalue weighted by Gasteiger charge is -2.29. The number of amides is 2. The first kappa shape index (κ1) is 17.8. The van der Waals surface area contributed by atoms with Gasteiger partial charge in [0.05, 0.1) is 13.2 Å². The van der Waals surface area contributed by atoms with E-state index in [1.165, 1.54) is 0 Å². The third-order valence-corrected chi connectivity index (χ3v) is 3.52. The van der Waals surface area contributed by atoms with Gasteiger partial charge in [0.15, 0.2) is 0 Å². The minimum atomic E-state index is -0.858. The Morgan fingerprint density at radius 3 is 2.64 bits per heavy atom. The minimum Gasteiger partial charge on any atom is -0.496 e. The smallest absolute Gasteiger partial charge is 0.317 e. The van der Waals surface area contributed by atoms with E-state index < -0.39 is 5.97 Å². The van der Waals surface area contributed by atoms with Gasteiger partial charge in [0, 0.05) is 25.6 Å². The van der Waals surface area contributed by atoms with Crippen molar-refractivity contribution in [2.24, 2.45) is 0 Å². The SMILES string of the molecule is CCC(c1ccccc1OC)N(C)C(=O)NCCCC(=O)O. The van der Waals surface area contributed by atoms with Gasteiger partial charge in [-0.25, -0.2) is 4.79 Å². The van der Waals surface area contributed by atoms with Crippen LogP contribution < -0.4 is 10.1 Å². The predicted molar refractivity (Wildman–Crippen MR) is 84.1 cm³/mol. The zero-order valence-corrected chi connectivity index (χ0v) is 13.3. The topological polar surface area (TPSA) is 78.9 Å². The second kappa shape index (κ2) is 8.92. The zero-order valence-electron chi connectivity index (χ0n) is 13.3. The van der Waals surface area contributed by atoms with Crippen molar-refractivity contribution in [3.63, 3.8) is 0 Å². The Bertz CT molecular complexity index is 505. The summed E-state index contributed by atoms with van der Waals surface area (Å²) in [4.78, 5) is 24.3. The Morgan fingerprint density at radius 1 is 1.36 bits per heavy atom. The van der Waals surface area contributed by atoms with Gasteiger partial charge in [-0.1, -0.05) is 25.1 Å². The van der Waals surface area contributed by atoms with Crippen molar-refractivity contribution in [3.8, 4) is 5.75 Å². The van der Waals surface area contributed by atoms with Crippen LogP contribution >= 0.6 is 0 Å². The van der Waals surface area contributed by atoms with Crippen LogP contribution in [0.25, 0.3) is 0 Å². The molecule has 1 atom stereocenters. The maximum Gasteiger partial charge on any atom is 0.317 e. The molecule has 0 saturated carbocycles. The number of hydrogen-bond donors (Lipinski definition) is 2. The molecular formula is C16H24N2O4. The second-order valence-electron chi connectivity index (χ2n) is 5.01. The third-order valence-electron chi connectivity index (χ3n) is 3.52. The summed E-state index contributed by atoms with van der Waals surface area (Å²) < 4.78 is 5.36. The van der Waals surface area contributed by atoms with Crippen LogP contribution in [-0.2, 0) is 4.79 Å². The first-order valence-corrected chi connectivity index (χ1v) is 7.36. The Kier molecular flexibility index (Phi) is 7.22. The van der Waals surface area contributed by atoms with Gasteiger partial charge < -0.3 is 20.1 Å². The lowest BCUT2D eigenvalue weighted by atomic mass is 10.0. The summed E-state index contributed by atoms with van der Waals surface area (Å²) in [6.07, 6.45) is 1.22. The van der Waals surface area contributed by atoms with Crippen molar-refractivity contribution in [2.45, 2.75) is 32.2 Å². The van der Waals surface area contributed by atoms with Gasteiger partial charge in [-0.3, -0.25) is 4.79 Å². The van der Waals surface area contributed by atoms with Crippen molar-refractivity contribution < 1.29 is 19.4 Å². The summed E-state index contributed by atoms with van der Waals surface area (Å²) in [5.41, 5.74) is 0.954. The number of para-hydroxylation sites is 1. The highest BCUT2D eigenvalue weighted by Gasteiger charge is 2.22. The van der Waals surface area contributed by atoms with Gasteiger partial charge in [0.2, 0.25) is 0 Å². The number of carboxylic acid groups (broad SMARTS) is 1. The van der Waals surface area contributed by atoms with Crippen LogP contribution in [0, 0.1) is 0 Å². The maximum atomic E-state index is 12.2. The molecule has 0 heterocycles. The number of urea groups is 1. The van der Waals surface area contributed by atoms with E-state index in [-0.39, 0.29) is 18.5 Å². The van der Waals surface area contributed by atoms with Crippen LogP contribution in [0.5, 0.6) is 5.75 Å². The molecule has 2 N–H and O–H groups in total. The van der Waals surface area contributed by atoms with E-state index in [1.54, 1.807) is 19.1 Å². The average molecular weight is 308 g/mol. The van der Waals surface area contributed by atoms with Crippen molar-refractivity contribution in [1.82, 2.24) is 10.2 Å². The Morgan fingerprint density at radius 2 is 2.05 bits per heavy atom. The number of hydrogen-bond acceptors (Lipinski definition) is 3. The lowest BCUT2D eigenvalue weighted by molar-refractivity contribution is -0.137. The molecule has 1 unspecified atom stereocenters. The molecule has 1 aromatic rings. The van der Waals surface area contributed by atoms with E-state index in [0.717, 1.165) is 17.7 Å². The Balaban J connectivity index is 2.69. The van der Waals surface area contributed by atoms with Crippen LogP contribution in [0.1, 0.15) is 37.8 Å². The summed E-state index contributed by atoms with van der Waals surface area (Å²) in [6.45, 7) is 2.35. The molecule has 22 heavy (non-hydrogen) atoms. The van der Waals surface area contributed by atoms with Crippen molar-refractivity contribution in [3.05, 3.63) is 29.8 Å². The molecule has 0 radical (unpaired) electrons. The quantitative estimate of drug-likeness (QED) is 0.724. The number of aliphatic carboxylic acids is 1. The molecule has 6 nitrogen and oxygen atoms in total. The molecule has 0 aliphatic heterocycles. The van der Waals surface area contributed by atoms with Crippen molar-refractivity contribution in [2.75, 3.05) is 20.7 Å². The second-order valence-corrected chi connectivity index (χ2v) is 5.01. The van der Waals surface area contributed by atoms with Gasteiger partial charge in [0.1, 0.15) is 5.75 Å². The molecule has 2 amide bonds. The summed E-state index contributed by atoms with van der Waals surface area (Å²) in [5, 5.41) is 11.3. The summed E-state index contributed by atoms with van der Waals surface area (Å²) in [5.74, 6) is -0.108. The predicted octanol–water partition coefficient (Wildman–Crippen LogP) is 2.65. The normalized spacial score (nSPS) is 11.6. The lowest BCUT2D eigenvalue weighted by Crippen LogP contribution is -2.40. The fraction of sp³-hybridized carbons (Fsp3) is 0.500. The number of rotatable bonds is 8. The number of carbonyl (C=O) groups is 2. The van der Waals surface area contributed by atoms with Gasteiger partial charge in [0.25, 0.3) is 0 Å². The molecule has 0 fully saturated rings. The van der Waals surface area contributed by atoms with Crippen LogP contribution in [-0.4, -0.2) is 42.7 Å². The molecule has 1 rings (SSSR count). The van der Waals surface area contributed by atoms with E-state index >= 15 is 0 Å². The van der Waals surface area contributed by atoms with E-state index in [4.69, 9.17) is 9.84 Å². The van der Waals surface area contributed by atoms with Crippen LogP contribution in [0.3, 0.4) is 0 Å². The third kappa shape index (κ3) is 4.95. The van der Waals surface area contributed by atoms with Crippen molar-refractivity contribution >= 4 is 12.0 Å². The highest BCUT2D eigenvalue weighted by molar-refractivity contribution is 5.74. The van der Waals surface area contributed by atoms with Gasteiger partial charge in [-0.05, 0) is 18.9 Å². The fourth-order valence-electron chi connectivity index (χ4n) is 2.35. The number of methoxy groups -OCH3 is 1. The molecule has 0 spiro atoms. The number of nitrogens with zero attached hydrogens (tertiary/aromatic N) is 1. The zero-order chi connectivity index (χ0) is 16.5. The van der Waals surface area contributed by atoms with Gasteiger partial charge in [-0.15, -0.1) is 0 Å². The molecule has 122 valence electrons. The average Bonchev–Trinajstić information content (AvgIpc) is 2.52. The molecule has 6 heteroatoms. The number of ether oxygens (including phenoxy) is 1. The van der Waals surface area contributed by atoms with E-state index in [0.29, 0.717) is 13.0 Å². The first-order chi connectivity index (χ1) is 10.5. The summed E-state index contributed by atoms with van der Waals surface area (Å²) in [7, 11) is 3.34. The Hall–Kier alpha value is -2.24. The molecule has 0 bridgehead atoms. The fourth-order valence-corrected chi connectivity index (χ4v) is 2.35. The number of nitrogens with one attached hydrogen (secondary N) is 1.